The topological polar surface area (TPSA) is 105 Å². The molecule has 5 rings (SSSR count). The molecule has 0 amide bonds. The first-order valence-corrected chi connectivity index (χ1v) is 13.1. The second-order valence-corrected chi connectivity index (χ2v) is 10.3. The third kappa shape index (κ3) is 5.12. The lowest BCUT2D eigenvalue weighted by Crippen LogP contribution is -2.60. The number of nitrogens with one attached hydrogen (secondary N) is 1. The lowest BCUT2D eigenvalue weighted by molar-refractivity contribution is -0.280. The van der Waals surface area contributed by atoms with Crippen molar-refractivity contribution in [1.82, 2.24) is 9.88 Å². The van der Waals surface area contributed by atoms with Crippen LogP contribution < -0.4 is 5.32 Å². The van der Waals surface area contributed by atoms with Crippen LogP contribution in [0.5, 0.6) is 0 Å². The molecule has 2 aliphatic rings. The summed E-state index contributed by atoms with van der Waals surface area (Å²) in [7, 11) is 0. The van der Waals surface area contributed by atoms with E-state index in [2.05, 4.69) is 10.3 Å². The average molecular weight is 546 g/mol. The second-order valence-electron chi connectivity index (χ2n) is 10.3. The van der Waals surface area contributed by atoms with Crippen molar-refractivity contribution < 1.29 is 37.0 Å². The number of oxazole rings is 1. The fourth-order valence-electron chi connectivity index (χ4n) is 5.37. The van der Waals surface area contributed by atoms with E-state index >= 15 is 8.78 Å². The molecule has 2 heterocycles. The predicted molar refractivity (Wildman–Crippen MR) is 136 cm³/mol. The number of aromatic nitrogens is 1. The molecule has 0 bridgehead atoms. The van der Waals surface area contributed by atoms with Crippen molar-refractivity contribution in [2.75, 3.05) is 18.4 Å². The molecule has 1 aliphatic carbocycles. The fourth-order valence-corrected chi connectivity index (χ4v) is 5.37. The van der Waals surface area contributed by atoms with Crippen LogP contribution in [-0.4, -0.2) is 51.4 Å². The number of carbonyl (C=O) groups excluding carboxylic acids is 1. The Hall–Kier alpha value is -3.44. The number of benzene rings is 2. The minimum absolute atomic E-state index is 0.0815. The first-order chi connectivity index (χ1) is 18.6. The Kier molecular flexibility index (Phi) is 7.39. The predicted octanol–water partition coefficient (Wildman–Crippen LogP) is 5.79. The number of hydrogen-bond acceptors (Lipinski definition) is 7. The van der Waals surface area contributed by atoms with Crippen LogP contribution in [0.25, 0.3) is 11.1 Å². The van der Waals surface area contributed by atoms with Crippen molar-refractivity contribution in [2.45, 2.75) is 69.9 Å². The number of carboxylic acids is 1. The van der Waals surface area contributed by atoms with Gasteiger partial charge in [0.15, 0.2) is 17.0 Å². The third-order valence-electron chi connectivity index (χ3n) is 7.68. The summed E-state index contributed by atoms with van der Waals surface area (Å²) in [5, 5.41) is 12.8. The van der Waals surface area contributed by atoms with E-state index in [9.17, 15) is 19.1 Å². The highest BCUT2D eigenvalue weighted by Crippen LogP contribution is 2.40. The summed E-state index contributed by atoms with van der Waals surface area (Å²) in [6.07, 6.45) is 2.63. The van der Waals surface area contributed by atoms with Crippen molar-refractivity contribution in [3.8, 4) is 0 Å². The second kappa shape index (κ2) is 10.6. The number of anilines is 2. The Labute approximate surface area is 223 Å². The molecule has 1 unspecified atom stereocenters. The van der Waals surface area contributed by atoms with Crippen LogP contribution in [0, 0.1) is 18.6 Å². The van der Waals surface area contributed by atoms with E-state index in [4.69, 9.17) is 9.15 Å². The van der Waals surface area contributed by atoms with E-state index in [-0.39, 0.29) is 48.6 Å². The van der Waals surface area contributed by atoms with Gasteiger partial charge in [0.2, 0.25) is 5.78 Å². The molecular weight excluding hydrogens is 515 g/mol. The van der Waals surface area contributed by atoms with Gasteiger partial charge in [0.05, 0.1) is 0 Å². The summed E-state index contributed by atoms with van der Waals surface area (Å²) in [6, 6.07) is 7.09. The molecule has 1 aromatic heterocycles. The van der Waals surface area contributed by atoms with Crippen LogP contribution >= 0.6 is 0 Å². The van der Waals surface area contributed by atoms with Gasteiger partial charge in [0.25, 0.3) is 6.01 Å². The standard InChI is InChI=1S/C28H30F3N3O5/c1-17-19(29)8-7-9-20(17)32-26-33-21-11-10-18(23(30)24(21)38-26)16-22(35)28(31,34-14-5-6-15-34)39-27(25(36)37)12-3-2-4-13-27/h7-11H,2-6,12-16H2,1H3,(H,32,33)(H,36,37). The van der Waals surface area contributed by atoms with Crippen LogP contribution in [0.1, 0.15) is 56.1 Å². The van der Waals surface area contributed by atoms with Crippen LogP contribution in [-0.2, 0) is 20.7 Å². The highest BCUT2D eigenvalue weighted by atomic mass is 19.2. The smallest absolute Gasteiger partial charge is 0.336 e. The number of nitrogens with zero attached hydrogens (tertiary/aromatic N) is 2. The van der Waals surface area contributed by atoms with Gasteiger partial charge in [-0.3, -0.25) is 4.79 Å². The van der Waals surface area contributed by atoms with E-state index in [0.717, 1.165) is 6.42 Å². The molecule has 1 atom stereocenters. The zero-order valence-electron chi connectivity index (χ0n) is 21.6. The van der Waals surface area contributed by atoms with Crippen molar-refractivity contribution in [1.29, 1.82) is 0 Å². The summed E-state index contributed by atoms with van der Waals surface area (Å²) < 4.78 is 57.2. The number of alkyl halides is 1. The van der Waals surface area contributed by atoms with Gasteiger partial charge in [-0.2, -0.15) is 9.37 Å². The number of ether oxygens (including phenoxy) is 1. The summed E-state index contributed by atoms with van der Waals surface area (Å²) in [5.41, 5.74) is -1.36. The summed E-state index contributed by atoms with van der Waals surface area (Å²) in [4.78, 5) is 31.1. The Morgan fingerprint density at radius 2 is 1.85 bits per heavy atom. The maximum Gasteiger partial charge on any atom is 0.336 e. The molecule has 1 saturated carbocycles. The van der Waals surface area contributed by atoms with Crippen LogP contribution in [0.2, 0.25) is 0 Å². The van der Waals surface area contributed by atoms with E-state index < -0.39 is 41.4 Å². The Morgan fingerprint density at radius 3 is 2.54 bits per heavy atom. The molecule has 8 nitrogen and oxygen atoms in total. The number of Topliss-reactive ketones (excluding diaryl/α,β-unsaturated/α-hetero) is 1. The van der Waals surface area contributed by atoms with E-state index in [1.54, 1.807) is 13.0 Å². The molecule has 2 fully saturated rings. The fraction of sp³-hybridized carbons (Fsp3) is 0.464. The van der Waals surface area contributed by atoms with Crippen molar-refractivity contribution in [2.24, 2.45) is 0 Å². The number of hydrogen-bond donors (Lipinski definition) is 2. The maximum atomic E-state index is 16.6. The van der Waals surface area contributed by atoms with Crippen molar-refractivity contribution in [3.05, 3.63) is 53.1 Å². The van der Waals surface area contributed by atoms with Crippen LogP contribution in [0.4, 0.5) is 24.9 Å². The van der Waals surface area contributed by atoms with Crippen LogP contribution in [0.3, 0.4) is 0 Å². The number of likely N-dealkylation sites (tertiary alicyclic amines) is 1. The quantitative estimate of drug-likeness (QED) is 0.326. The van der Waals surface area contributed by atoms with E-state index in [1.165, 1.54) is 29.2 Å². The number of aliphatic carboxylic acids is 1. The zero-order valence-corrected chi connectivity index (χ0v) is 21.6. The van der Waals surface area contributed by atoms with Crippen molar-refractivity contribution >= 4 is 34.6 Å². The van der Waals surface area contributed by atoms with Gasteiger partial charge in [-0.25, -0.2) is 18.5 Å². The molecule has 2 N–H and O–H groups in total. The van der Waals surface area contributed by atoms with Crippen molar-refractivity contribution in [3.63, 3.8) is 0 Å². The number of fused-ring (bicyclic) bond motifs is 1. The zero-order chi connectivity index (χ0) is 27.8. The Balaban J connectivity index is 1.42. The van der Waals surface area contributed by atoms with Crippen LogP contribution in [0.15, 0.2) is 34.7 Å². The lowest BCUT2D eigenvalue weighted by atomic mass is 9.84. The maximum absolute atomic E-state index is 16.6. The van der Waals surface area contributed by atoms with Gasteiger partial charge in [0.1, 0.15) is 11.3 Å². The molecule has 3 aromatic rings. The molecular formula is C28H30F3N3O5. The number of ketones is 1. The monoisotopic (exact) mass is 545 g/mol. The van der Waals surface area contributed by atoms with Gasteiger partial charge in [-0.05, 0) is 69.2 Å². The Bertz CT molecular complexity index is 1400. The highest BCUT2D eigenvalue weighted by Gasteiger charge is 2.55. The minimum atomic E-state index is -3.02. The van der Waals surface area contributed by atoms with E-state index in [1.807, 2.05) is 0 Å². The number of carbonyl (C=O) groups is 2. The normalized spacial score (nSPS) is 19.2. The molecule has 1 saturated heterocycles. The molecule has 208 valence electrons. The first-order valence-electron chi connectivity index (χ1n) is 13.1. The lowest BCUT2D eigenvalue weighted by Gasteiger charge is -2.42. The molecule has 39 heavy (non-hydrogen) atoms. The SMILES string of the molecule is Cc1c(F)cccc1Nc1nc2ccc(CC(=O)C(F)(OC3(C(=O)O)CCCCC3)N3CCCC3)c(F)c2o1. The average Bonchev–Trinajstić information content (AvgIpc) is 3.60. The number of carboxylic acid groups (broad SMARTS) is 1. The molecule has 2 aromatic carbocycles. The summed E-state index contributed by atoms with van der Waals surface area (Å²) >= 11 is 0. The largest absolute Gasteiger partial charge is 0.479 e. The van der Waals surface area contributed by atoms with E-state index in [0.29, 0.717) is 36.9 Å². The molecule has 0 spiro atoms. The summed E-state index contributed by atoms with van der Waals surface area (Å²) in [5.74, 6) is -6.74. The molecule has 0 radical (unpaired) electrons. The van der Waals surface area contributed by atoms with Gasteiger partial charge >= 0.3 is 11.9 Å². The number of halogens is 3. The molecule has 1 aliphatic heterocycles. The van der Waals surface area contributed by atoms with Gasteiger partial charge in [-0.1, -0.05) is 18.6 Å². The first kappa shape index (κ1) is 27.1. The minimum Gasteiger partial charge on any atom is -0.479 e. The third-order valence-corrected chi connectivity index (χ3v) is 7.68. The number of rotatable bonds is 9. The Morgan fingerprint density at radius 1 is 1.13 bits per heavy atom. The van der Waals surface area contributed by atoms with Gasteiger partial charge in [0, 0.05) is 30.8 Å². The summed E-state index contributed by atoms with van der Waals surface area (Å²) in [6.45, 7) is 2.00. The molecule has 11 heteroatoms. The highest BCUT2D eigenvalue weighted by molar-refractivity contribution is 5.89. The van der Waals surface area contributed by atoms with Gasteiger partial charge < -0.3 is 19.6 Å². The van der Waals surface area contributed by atoms with Gasteiger partial charge in [-0.15, -0.1) is 0 Å².